The Morgan fingerprint density at radius 2 is 1.66 bits per heavy atom. The molecule has 0 radical (unpaired) electrons. The van der Waals surface area contributed by atoms with E-state index >= 15 is 0 Å². The van der Waals surface area contributed by atoms with Crippen molar-refractivity contribution in [2.45, 2.75) is 63.6 Å². The molecule has 8 nitrogen and oxygen atoms in total. The first-order chi connectivity index (χ1) is 19.5. The molecule has 216 valence electrons. The standard InChI is InChI=1S/C32H37N3O5S/c1-20-13-15-23(16-14-20)18-33-30(39)28-32(3,4)41-19-35(28)31(40)27(37)25(17-22-9-6-5-7-10-22)34-29(38)24-11-8-12-26(36)21(24)2/h5-16,25,27-28,36-37H,17-19H2,1-4H3,(H,33,39)(H,34,38). The summed E-state index contributed by atoms with van der Waals surface area (Å²) in [6.07, 6.45) is -1.43. The average molecular weight is 576 g/mol. The molecule has 3 aromatic rings. The van der Waals surface area contributed by atoms with E-state index in [0.717, 1.165) is 16.7 Å². The number of thioether (sulfide) groups is 1. The maximum Gasteiger partial charge on any atom is 0.254 e. The SMILES string of the molecule is Cc1ccc(CNC(=O)C2N(C(=O)C(O)C(Cc3ccccc3)NC(=O)c3cccc(O)c3C)CSC2(C)C)cc1. The Hall–Kier alpha value is -3.82. The van der Waals surface area contributed by atoms with Crippen molar-refractivity contribution in [2.75, 3.05) is 5.88 Å². The van der Waals surface area contributed by atoms with Crippen LogP contribution in [0.15, 0.2) is 72.8 Å². The van der Waals surface area contributed by atoms with E-state index in [1.807, 2.05) is 75.4 Å². The van der Waals surface area contributed by atoms with E-state index < -0.39 is 34.7 Å². The molecule has 3 atom stereocenters. The van der Waals surface area contributed by atoms with Crippen LogP contribution in [0.3, 0.4) is 0 Å². The molecule has 9 heteroatoms. The normalized spacial score (nSPS) is 17.5. The molecule has 1 fully saturated rings. The minimum absolute atomic E-state index is 0.0234. The number of amides is 3. The van der Waals surface area contributed by atoms with Gasteiger partial charge >= 0.3 is 0 Å². The highest BCUT2D eigenvalue weighted by molar-refractivity contribution is 8.00. The van der Waals surface area contributed by atoms with E-state index in [2.05, 4.69) is 10.6 Å². The molecule has 1 saturated heterocycles. The highest BCUT2D eigenvalue weighted by atomic mass is 32.2. The fraction of sp³-hybridized carbons (Fsp3) is 0.344. The van der Waals surface area contributed by atoms with Crippen molar-refractivity contribution in [3.63, 3.8) is 0 Å². The van der Waals surface area contributed by atoms with Gasteiger partial charge in [0.25, 0.3) is 11.8 Å². The van der Waals surface area contributed by atoms with Gasteiger partial charge in [-0.2, -0.15) is 0 Å². The van der Waals surface area contributed by atoms with Gasteiger partial charge in [-0.05, 0) is 57.4 Å². The van der Waals surface area contributed by atoms with E-state index in [1.54, 1.807) is 19.1 Å². The Morgan fingerprint density at radius 1 is 0.976 bits per heavy atom. The molecule has 3 unspecified atom stereocenters. The summed E-state index contributed by atoms with van der Waals surface area (Å²) < 4.78 is -0.594. The van der Waals surface area contributed by atoms with Gasteiger partial charge in [0.05, 0.1) is 11.9 Å². The average Bonchev–Trinajstić information content (AvgIpc) is 3.28. The van der Waals surface area contributed by atoms with Gasteiger partial charge in [0.2, 0.25) is 5.91 Å². The molecule has 3 aromatic carbocycles. The maximum atomic E-state index is 13.8. The van der Waals surface area contributed by atoms with Crippen LogP contribution in [-0.2, 0) is 22.6 Å². The lowest BCUT2D eigenvalue weighted by Gasteiger charge is -2.33. The van der Waals surface area contributed by atoms with E-state index in [4.69, 9.17) is 0 Å². The number of aliphatic hydroxyl groups excluding tert-OH is 1. The van der Waals surface area contributed by atoms with Gasteiger partial charge in [-0.1, -0.05) is 66.2 Å². The molecule has 0 spiro atoms. The van der Waals surface area contributed by atoms with Crippen LogP contribution in [0, 0.1) is 13.8 Å². The number of hydrogen-bond donors (Lipinski definition) is 4. The molecular formula is C32H37N3O5S. The van der Waals surface area contributed by atoms with Gasteiger partial charge in [0, 0.05) is 22.4 Å². The second kappa shape index (κ2) is 12.8. The predicted octanol–water partition coefficient (Wildman–Crippen LogP) is 3.71. The molecule has 41 heavy (non-hydrogen) atoms. The van der Waals surface area contributed by atoms with Crippen molar-refractivity contribution < 1.29 is 24.6 Å². The second-order valence-corrected chi connectivity index (χ2v) is 12.6. The third kappa shape index (κ3) is 7.10. The lowest BCUT2D eigenvalue weighted by Crippen LogP contribution is -2.58. The molecule has 0 aromatic heterocycles. The van der Waals surface area contributed by atoms with Crippen molar-refractivity contribution in [1.29, 1.82) is 0 Å². The lowest BCUT2D eigenvalue weighted by atomic mass is 9.96. The Labute approximate surface area is 245 Å². The predicted molar refractivity (Wildman–Crippen MR) is 160 cm³/mol. The van der Waals surface area contributed by atoms with Gasteiger partial charge in [0.1, 0.15) is 11.8 Å². The number of benzene rings is 3. The number of carbonyl (C=O) groups is 3. The van der Waals surface area contributed by atoms with Gasteiger partial charge in [0.15, 0.2) is 6.10 Å². The molecule has 1 aliphatic rings. The summed E-state index contributed by atoms with van der Waals surface area (Å²) in [7, 11) is 0. The van der Waals surface area contributed by atoms with Crippen LogP contribution in [-0.4, -0.2) is 61.6 Å². The molecule has 0 saturated carbocycles. The summed E-state index contributed by atoms with van der Waals surface area (Å²) >= 11 is 1.46. The van der Waals surface area contributed by atoms with Crippen LogP contribution in [0.25, 0.3) is 0 Å². The van der Waals surface area contributed by atoms with Crippen LogP contribution in [0.4, 0.5) is 0 Å². The summed E-state index contributed by atoms with van der Waals surface area (Å²) in [6, 6.07) is 19.9. The topological polar surface area (TPSA) is 119 Å². The van der Waals surface area contributed by atoms with Crippen molar-refractivity contribution in [2.24, 2.45) is 0 Å². The van der Waals surface area contributed by atoms with Crippen LogP contribution in [0.5, 0.6) is 5.75 Å². The van der Waals surface area contributed by atoms with Gasteiger partial charge in [-0.3, -0.25) is 14.4 Å². The minimum atomic E-state index is -1.61. The third-order valence-corrected chi connectivity index (χ3v) is 8.84. The summed E-state index contributed by atoms with van der Waals surface area (Å²) in [6.45, 7) is 7.74. The fourth-order valence-electron chi connectivity index (χ4n) is 4.97. The number of aliphatic hydroxyl groups is 1. The van der Waals surface area contributed by atoms with Crippen molar-refractivity contribution in [1.82, 2.24) is 15.5 Å². The van der Waals surface area contributed by atoms with Crippen LogP contribution in [0.1, 0.15) is 46.5 Å². The van der Waals surface area contributed by atoms with Crippen molar-refractivity contribution in [3.8, 4) is 5.75 Å². The Bertz CT molecular complexity index is 1390. The molecule has 4 N–H and O–H groups in total. The van der Waals surface area contributed by atoms with Gasteiger partial charge in [-0.25, -0.2) is 0 Å². The zero-order chi connectivity index (χ0) is 29.7. The number of rotatable bonds is 9. The van der Waals surface area contributed by atoms with E-state index in [1.165, 1.54) is 22.7 Å². The van der Waals surface area contributed by atoms with Crippen LogP contribution < -0.4 is 10.6 Å². The fourth-order valence-corrected chi connectivity index (χ4v) is 6.11. The highest BCUT2D eigenvalue weighted by Gasteiger charge is 2.49. The van der Waals surface area contributed by atoms with Crippen molar-refractivity contribution >= 4 is 29.5 Å². The quantitative estimate of drug-likeness (QED) is 0.309. The number of phenolic OH excluding ortho intramolecular Hbond substituents is 1. The summed E-state index contributed by atoms with van der Waals surface area (Å²) in [5.41, 5.74) is 3.52. The summed E-state index contributed by atoms with van der Waals surface area (Å²) in [5.74, 6) is -1.25. The van der Waals surface area contributed by atoms with Crippen molar-refractivity contribution in [3.05, 3.63) is 101 Å². The van der Waals surface area contributed by atoms with E-state index in [-0.39, 0.29) is 29.5 Å². The second-order valence-electron chi connectivity index (χ2n) is 11.0. The first-order valence-electron chi connectivity index (χ1n) is 13.6. The Balaban J connectivity index is 1.55. The third-order valence-electron chi connectivity index (χ3n) is 7.46. The lowest BCUT2D eigenvalue weighted by molar-refractivity contribution is -0.147. The molecular weight excluding hydrogens is 538 g/mol. The smallest absolute Gasteiger partial charge is 0.254 e. The molecule has 0 aliphatic carbocycles. The zero-order valence-electron chi connectivity index (χ0n) is 23.8. The van der Waals surface area contributed by atoms with E-state index in [9.17, 15) is 24.6 Å². The molecule has 3 amide bonds. The molecule has 1 heterocycles. The van der Waals surface area contributed by atoms with Crippen LogP contribution >= 0.6 is 11.8 Å². The summed E-state index contributed by atoms with van der Waals surface area (Å²) in [4.78, 5) is 41.9. The molecule has 0 bridgehead atoms. The monoisotopic (exact) mass is 575 g/mol. The summed E-state index contributed by atoms with van der Waals surface area (Å²) in [5, 5.41) is 27.3. The van der Waals surface area contributed by atoms with E-state index in [0.29, 0.717) is 12.1 Å². The van der Waals surface area contributed by atoms with Gasteiger partial charge in [-0.15, -0.1) is 11.8 Å². The number of phenols is 1. The number of aromatic hydroxyl groups is 1. The maximum absolute atomic E-state index is 13.8. The first-order valence-corrected chi connectivity index (χ1v) is 14.6. The largest absolute Gasteiger partial charge is 0.508 e. The molecule has 4 rings (SSSR count). The minimum Gasteiger partial charge on any atom is -0.508 e. The number of nitrogens with zero attached hydrogens (tertiary/aromatic N) is 1. The first kappa shape index (κ1) is 30.1. The highest BCUT2D eigenvalue weighted by Crippen LogP contribution is 2.40. The Kier molecular flexibility index (Phi) is 9.40. The number of nitrogens with one attached hydrogen (secondary N) is 2. The number of carbonyl (C=O) groups excluding carboxylic acids is 3. The van der Waals surface area contributed by atoms with Crippen LogP contribution in [0.2, 0.25) is 0 Å². The van der Waals surface area contributed by atoms with Gasteiger partial charge < -0.3 is 25.7 Å². The zero-order valence-corrected chi connectivity index (χ0v) is 24.6. The Morgan fingerprint density at radius 3 is 2.34 bits per heavy atom. The number of aryl methyl sites for hydroxylation is 1. The molecule has 1 aliphatic heterocycles. The number of hydrogen-bond acceptors (Lipinski definition) is 6.